The molecule has 4 heteroatoms. The lowest BCUT2D eigenvalue weighted by Gasteiger charge is -2.11. The smallest absolute Gasteiger partial charge is 0.137 e. The topological polar surface area (TPSA) is 43.9 Å². The third-order valence-corrected chi connectivity index (χ3v) is 8.00. The SMILES string of the molecule is c1cc(-c2ccc3ccc4cccnc4c3n2)cc(-n2c3ccccc3c3cc4c(cc32)oc2ccccc24)c1. The van der Waals surface area contributed by atoms with Gasteiger partial charge in [-0.25, -0.2) is 4.98 Å². The van der Waals surface area contributed by atoms with E-state index in [1.54, 1.807) is 0 Å². The van der Waals surface area contributed by atoms with E-state index in [4.69, 9.17) is 9.40 Å². The number of hydrogen-bond acceptors (Lipinski definition) is 3. The Hall–Kier alpha value is -5.48. The van der Waals surface area contributed by atoms with Crippen molar-refractivity contribution in [1.29, 1.82) is 0 Å². The highest BCUT2D eigenvalue weighted by Gasteiger charge is 2.17. The first-order chi connectivity index (χ1) is 19.8. The molecule has 40 heavy (non-hydrogen) atoms. The van der Waals surface area contributed by atoms with Crippen LogP contribution in [0.25, 0.3) is 82.5 Å². The standard InChI is InChI=1S/C36H21N3O/c1-3-12-31-26(10-1)28-20-29-27-11-2-4-13-33(27)40-34(29)21-32(28)39(31)25-9-5-7-24(19-25)30-17-16-23-15-14-22-8-6-18-37-35(22)36(23)38-30/h1-21H. The summed E-state index contributed by atoms with van der Waals surface area (Å²) in [5, 5.41) is 6.89. The third kappa shape index (κ3) is 3.01. The van der Waals surface area contributed by atoms with E-state index >= 15 is 0 Å². The molecule has 9 rings (SSSR count). The predicted molar refractivity (Wildman–Crippen MR) is 164 cm³/mol. The molecular weight excluding hydrogens is 490 g/mol. The molecule has 4 aromatic heterocycles. The summed E-state index contributed by atoms with van der Waals surface area (Å²) in [6.07, 6.45) is 1.83. The molecular formula is C36H21N3O. The zero-order chi connectivity index (χ0) is 26.2. The van der Waals surface area contributed by atoms with E-state index in [-0.39, 0.29) is 0 Å². The van der Waals surface area contributed by atoms with Crippen LogP contribution in [0.2, 0.25) is 0 Å². The number of para-hydroxylation sites is 2. The van der Waals surface area contributed by atoms with E-state index in [0.29, 0.717) is 0 Å². The molecule has 0 N–H and O–H groups in total. The molecule has 0 spiro atoms. The van der Waals surface area contributed by atoms with E-state index in [1.165, 1.54) is 10.8 Å². The Morgan fingerprint density at radius 2 is 1.35 bits per heavy atom. The maximum atomic E-state index is 6.29. The summed E-state index contributed by atoms with van der Waals surface area (Å²) < 4.78 is 8.62. The Kier molecular flexibility index (Phi) is 4.30. The van der Waals surface area contributed by atoms with Crippen LogP contribution in [0.1, 0.15) is 0 Å². The van der Waals surface area contributed by atoms with Crippen molar-refractivity contribution in [1.82, 2.24) is 14.5 Å². The zero-order valence-electron chi connectivity index (χ0n) is 21.4. The van der Waals surface area contributed by atoms with E-state index in [9.17, 15) is 0 Å². The summed E-state index contributed by atoms with van der Waals surface area (Å²) >= 11 is 0. The Morgan fingerprint density at radius 3 is 2.30 bits per heavy atom. The van der Waals surface area contributed by atoms with Crippen LogP contribution in [-0.4, -0.2) is 14.5 Å². The van der Waals surface area contributed by atoms with Crippen LogP contribution in [0.15, 0.2) is 132 Å². The molecule has 0 bridgehead atoms. The van der Waals surface area contributed by atoms with Gasteiger partial charge in [-0.1, -0.05) is 72.8 Å². The van der Waals surface area contributed by atoms with Crippen LogP contribution in [0.3, 0.4) is 0 Å². The molecule has 4 nitrogen and oxygen atoms in total. The average Bonchev–Trinajstić information content (AvgIpc) is 3.54. The maximum absolute atomic E-state index is 6.29. The van der Waals surface area contributed by atoms with Crippen molar-refractivity contribution in [2.24, 2.45) is 0 Å². The Labute approximate surface area is 228 Å². The first-order valence-corrected chi connectivity index (χ1v) is 13.4. The molecule has 4 heterocycles. The predicted octanol–water partition coefficient (Wildman–Crippen LogP) is 9.45. The molecule has 0 aliphatic heterocycles. The van der Waals surface area contributed by atoms with Crippen LogP contribution in [0.5, 0.6) is 0 Å². The summed E-state index contributed by atoms with van der Waals surface area (Å²) in [5.41, 5.74) is 8.99. The van der Waals surface area contributed by atoms with Crippen molar-refractivity contribution in [3.8, 4) is 16.9 Å². The van der Waals surface area contributed by atoms with Crippen LogP contribution < -0.4 is 0 Å². The number of aromatic nitrogens is 3. The summed E-state index contributed by atoms with van der Waals surface area (Å²) in [4.78, 5) is 9.73. The minimum atomic E-state index is 0.893. The van der Waals surface area contributed by atoms with Crippen molar-refractivity contribution in [3.63, 3.8) is 0 Å². The zero-order valence-corrected chi connectivity index (χ0v) is 21.4. The molecule has 0 atom stereocenters. The number of nitrogens with zero attached hydrogens (tertiary/aromatic N) is 3. The number of fused-ring (bicyclic) bond motifs is 9. The van der Waals surface area contributed by atoms with Crippen molar-refractivity contribution in [2.75, 3.05) is 0 Å². The van der Waals surface area contributed by atoms with Crippen molar-refractivity contribution in [2.45, 2.75) is 0 Å². The molecule has 186 valence electrons. The number of rotatable bonds is 2. The average molecular weight is 512 g/mol. The molecule has 0 unspecified atom stereocenters. The fourth-order valence-corrected chi connectivity index (χ4v) is 6.15. The minimum Gasteiger partial charge on any atom is -0.456 e. The first kappa shape index (κ1) is 21.5. The van der Waals surface area contributed by atoms with Gasteiger partial charge in [-0.3, -0.25) is 4.98 Å². The van der Waals surface area contributed by atoms with E-state index in [0.717, 1.165) is 71.7 Å². The van der Waals surface area contributed by atoms with Gasteiger partial charge in [-0.05, 0) is 42.5 Å². The molecule has 5 aromatic carbocycles. The largest absolute Gasteiger partial charge is 0.456 e. The lowest BCUT2D eigenvalue weighted by molar-refractivity contribution is 0.669. The van der Waals surface area contributed by atoms with Crippen molar-refractivity contribution in [3.05, 3.63) is 128 Å². The van der Waals surface area contributed by atoms with Gasteiger partial charge >= 0.3 is 0 Å². The second kappa shape index (κ2) is 8.01. The molecule has 0 saturated carbocycles. The summed E-state index contributed by atoms with van der Waals surface area (Å²) in [6.45, 7) is 0. The molecule has 0 saturated heterocycles. The lowest BCUT2D eigenvalue weighted by Crippen LogP contribution is -1.95. The van der Waals surface area contributed by atoms with Crippen LogP contribution >= 0.6 is 0 Å². The second-order valence-corrected chi connectivity index (χ2v) is 10.3. The fraction of sp³-hybridized carbons (Fsp3) is 0. The van der Waals surface area contributed by atoms with Gasteiger partial charge in [-0.2, -0.15) is 0 Å². The first-order valence-electron chi connectivity index (χ1n) is 13.4. The number of benzene rings is 5. The highest BCUT2D eigenvalue weighted by Crippen LogP contribution is 2.38. The number of hydrogen-bond donors (Lipinski definition) is 0. The van der Waals surface area contributed by atoms with Crippen LogP contribution in [0.4, 0.5) is 0 Å². The molecule has 0 aliphatic rings. The fourth-order valence-electron chi connectivity index (χ4n) is 6.15. The maximum Gasteiger partial charge on any atom is 0.137 e. The van der Waals surface area contributed by atoms with E-state index in [1.807, 2.05) is 24.4 Å². The third-order valence-electron chi connectivity index (χ3n) is 8.00. The van der Waals surface area contributed by atoms with Gasteiger partial charge in [0.15, 0.2) is 0 Å². The molecule has 0 radical (unpaired) electrons. The number of pyridine rings is 2. The van der Waals surface area contributed by atoms with Gasteiger partial charge in [0, 0.05) is 55.8 Å². The Bertz CT molecular complexity index is 2450. The van der Waals surface area contributed by atoms with E-state index < -0.39 is 0 Å². The van der Waals surface area contributed by atoms with Gasteiger partial charge in [0.25, 0.3) is 0 Å². The molecule has 0 amide bonds. The van der Waals surface area contributed by atoms with Crippen molar-refractivity contribution < 1.29 is 4.42 Å². The summed E-state index contributed by atoms with van der Waals surface area (Å²) in [6, 6.07) is 42.4. The van der Waals surface area contributed by atoms with Crippen LogP contribution in [0, 0.1) is 0 Å². The van der Waals surface area contributed by atoms with Gasteiger partial charge in [-0.15, -0.1) is 0 Å². The van der Waals surface area contributed by atoms with Crippen LogP contribution in [-0.2, 0) is 0 Å². The van der Waals surface area contributed by atoms with Gasteiger partial charge in [0.1, 0.15) is 11.2 Å². The van der Waals surface area contributed by atoms with Gasteiger partial charge in [0.2, 0.25) is 0 Å². The monoisotopic (exact) mass is 511 g/mol. The lowest BCUT2D eigenvalue weighted by atomic mass is 10.1. The minimum absolute atomic E-state index is 0.893. The second-order valence-electron chi connectivity index (χ2n) is 10.3. The number of furan rings is 1. The molecule has 9 aromatic rings. The highest BCUT2D eigenvalue weighted by atomic mass is 16.3. The summed E-state index contributed by atoms with van der Waals surface area (Å²) in [5.74, 6) is 0. The van der Waals surface area contributed by atoms with E-state index in [2.05, 4.69) is 113 Å². The van der Waals surface area contributed by atoms with Gasteiger partial charge < -0.3 is 8.98 Å². The highest BCUT2D eigenvalue weighted by molar-refractivity contribution is 6.17. The Balaban J connectivity index is 1.29. The Morgan fingerprint density at radius 1 is 0.525 bits per heavy atom. The molecule has 0 fully saturated rings. The quantitative estimate of drug-likeness (QED) is 0.217. The molecule has 0 aliphatic carbocycles. The normalized spacial score (nSPS) is 12.0. The summed E-state index contributed by atoms with van der Waals surface area (Å²) in [7, 11) is 0. The van der Waals surface area contributed by atoms with Gasteiger partial charge in [0.05, 0.1) is 27.8 Å². The van der Waals surface area contributed by atoms with Crippen molar-refractivity contribution >= 4 is 65.6 Å².